The summed E-state index contributed by atoms with van der Waals surface area (Å²) in [5.41, 5.74) is 5.35. The van der Waals surface area contributed by atoms with Gasteiger partial charge in [-0.3, -0.25) is 9.78 Å². The van der Waals surface area contributed by atoms with E-state index >= 15 is 0 Å². The van der Waals surface area contributed by atoms with Gasteiger partial charge in [-0.1, -0.05) is 0 Å². The van der Waals surface area contributed by atoms with Gasteiger partial charge in [0.15, 0.2) is 10.5 Å². The van der Waals surface area contributed by atoms with Crippen LogP contribution in [0.15, 0.2) is 25.7 Å². The molecule has 0 radical (unpaired) electrons. The van der Waals surface area contributed by atoms with Crippen LogP contribution in [0.1, 0.15) is 4.88 Å². The van der Waals surface area contributed by atoms with Gasteiger partial charge in [0.05, 0.1) is 3.79 Å². The minimum absolute atomic E-state index is 0.128. The third-order valence-corrected chi connectivity index (χ3v) is 3.62. The number of nitrogens with zero attached hydrogens (tertiary/aromatic N) is 1. The number of aromatic nitrogens is 2. The van der Waals surface area contributed by atoms with E-state index in [0.717, 1.165) is 8.66 Å². The lowest BCUT2D eigenvalue weighted by molar-refractivity contribution is 1.09. The van der Waals surface area contributed by atoms with Gasteiger partial charge >= 0.3 is 0 Å². The highest BCUT2D eigenvalue weighted by molar-refractivity contribution is 9.11. The lowest BCUT2D eigenvalue weighted by Crippen LogP contribution is -2.10. The molecule has 0 saturated carbocycles. The van der Waals surface area contributed by atoms with Crippen molar-refractivity contribution in [3.63, 3.8) is 0 Å². The van der Waals surface area contributed by atoms with Crippen LogP contribution in [0.25, 0.3) is 0 Å². The molecule has 0 aliphatic carbocycles. The smallest absolute Gasteiger partial charge is 0.279 e. The van der Waals surface area contributed by atoms with Crippen molar-refractivity contribution in [3.8, 4) is 0 Å². The van der Waals surface area contributed by atoms with Crippen molar-refractivity contribution >= 4 is 57.2 Å². The van der Waals surface area contributed by atoms with Crippen LogP contribution >= 0.6 is 39.5 Å². The van der Waals surface area contributed by atoms with E-state index in [1.165, 1.54) is 11.3 Å². The third-order valence-electron chi connectivity index (χ3n) is 1.86. The van der Waals surface area contributed by atoms with E-state index < -0.39 is 5.56 Å². The second-order valence-electron chi connectivity index (χ2n) is 3.07. The van der Waals surface area contributed by atoms with Gasteiger partial charge < -0.3 is 10.7 Å². The quantitative estimate of drug-likeness (QED) is 0.584. The van der Waals surface area contributed by atoms with Crippen LogP contribution in [0.4, 0.5) is 11.5 Å². The molecule has 4 N–H and O–H groups in total. The Morgan fingerprint density at radius 3 is 2.82 bits per heavy atom. The molecule has 0 aliphatic rings. The van der Waals surface area contributed by atoms with Gasteiger partial charge in [-0.25, -0.2) is 4.99 Å². The van der Waals surface area contributed by atoms with E-state index in [-0.39, 0.29) is 16.3 Å². The van der Waals surface area contributed by atoms with E-state index in [2.05, 4.69) is 30.9 Å². The average Bonchev–Trinajstić information content (AvgIpc) is 2.62. The maximum absolute atomic E-state index is 11.5. The Morgan fingerprint density at radius 2 is 2.24 bits per heavy atom. The fourth-order valence-corrected chi connectivity index (χ4v) is 2.65. The van der Waals surface area contributed by atoms with Gasteiger partial charge in [0, 0.05) is 11.1 Å². The fraction of sp³-hybridized carbons (Fsp3) is 0. The molecule has 5 nitrogen and oxygen atoms in total. The van der Waals surface area contributed by atoms with E-state index in [9.17, 15) is 4.79 Å². The maximum Gasteiger partial charge on any atom is 0.279 e. The molecule has 0 bridgehead atoms. The van der Waals surface area contributed by atoms with Gasteiger partial charge in [-0.15, -0.1) is 11.3 Å². The highest BCUT2D eigenvalue weighted by Crippen LogP contribution is 2.21. The molecule has 8 heteroatoms. The molecule has 0 spiro atoms. The molecule has 0 amide bonds. The van der Waals surface area contributed by atoms with Crippen molar-refractivity contribution in [1.82, 2.24) is 9.97 Å². The molecule has 2 aromatic rings. The first-order chi connectivity index (χ1) is 8.06. The SMILES string of the molecule is Nc1[nH]c(=S)[nH]c(=O)c1N=Cc1ccc(Br)s1. The molecule has 0 aliphatic heterocycles. The largest absolute Gasteiger partial charge is 0.383 e. The first kappa shape index (κ1) is 12.2. The number of aliphatic imine (C=N–C) groups is 1. The lowest BCUT2D eigenvalue weighted by Gasteiger charge is -1.97. The van der Waals surface area contributed by atoms with Crippen LogP contribution < -0.4 is 11.3 Å². The third kappa shape index (κ3) is 2.90. The zero-order valence-electron chi connectivity index (χ0n) is 8.36. The Bertz CT molecular complexity index is 685. The lowest BCUT2D eigenvalue weighted by atomic mass is 10.4. The molecule has 88 valence electrons. The van der Waals surface area contributed by atoms with Crippen molar-refractivity contribution in [2.75, 3.05) is 5.73 Å². The highest BCUT2D eigenvalue weighted by atomic mass is 79.9. The van der Waals surface area contributed by atoms with Crippen molar-refractivity contribution in [1.29, 1.82) is 0 Å². The monoisotopic (exact) mass is 330 g/mol. The molecule has 0 aromatic carbocycles. The molecule has 0 atom stereocenters. The molecule has 2 heterocycles. The van der Waals surface area contributed by atoms with Crippen LogP contribution in [0.5, 0.6) is 0 Å². The molecule has 0 unspecified atom stereocenters. The van der Waals surface area contributed by atoms with Crippen molar-refractivity contribution in [3.05, 3.63) is 35.9 Å². The Kier molecular flexibility index (Phi) is 3.55. The Balaban J connectivity index is 2.40. The summed E-state index contributed by atoms with van der Waals surface area (Å²) in [6.07, 6.45) is 1.58. The van der Waals surface area contributed by atoms with Crippen LogP contribution in [-0.4, -0.2) is 16.2 Å². The number of rotatable bonds is 2. The Hall–Kier alpha value is -1.25. The zero-order chi connectivity index (χ0) is 12.4. The topological polar surface area (TPSA) is 87.0 Å². The number of thiophene rings is 1. The first-order valence-corrected chi connectivity index (χ1v) is 6.49. The number of aromatic amines is 2. The molecule has 2 aromatic heterocycles. The number of nitrogens with one attached hydrogen (secondary N) is 2. The summed E-state index contributed by atoms with van der Waals surface area (Å²) in [6.45, 7) is 0. The summed E-state index contributed by atoms with van der Waals surface area (Å²) in [4.78, 5) is 21.6. The molecule has 2 rings (SSSR count). The zero-order valence-corrected chi connectivity index (χ0v) is 11.6. The summed E-state index contributed by atoms with van der Waals surface area (Å²) < 4.78 is 1.18. The van der Waals surface area contributed by atoms with Gasteiger partial charge in [0.25, 0.3) is 5.56 Å². The minimum atomic E-state index is -0.405. The van der Waals surface area contributed by atoms with Crippen LogP contribution in [0, 0.1) is 4.77 Å². The molecule has 17 heavy (non-hydrogen) atoms. The maximum atomic E-state index is 11.5. The van der Waals surface area contributed by atoms with Gasteiger partial charge in [-0.2, -0.15) is 0 Å². The molecular weight excluding hydrogens is 324 g/mol. The van der Waals surface area contributed by atoms with E-state index in [4.69, 9.17) is 18.0 Å². The number of nitrogen functional groups attached to an aromatic ring is 1. The second kappa shape index (κ2) is 4.94. The summed E-state index contributed by atoms with van der Waals surface area (Å²) in [6, 6.07) is 3.78. The van der Waals surface area contributed by atoms with E-state index in [1.54, 1.807) is 6.21 Å². The number of hydrogen-bond acceptors (Lipinski definition) is 5. The number of hydrogen-bond donors (Lipinski definition) is 3. The molecule has 0 saturated heterocycles. The van der Waals surface area contributed by atoms with Crippen LogP contribution in [0.2, 0.25) is 0 Å². The van der Waals surface area contributed by atoms with Crippen molar-refractivity contribution in [2.24, 2.45) is 4.99 Å². The van der Waals surface area contributed by atoms with Crippen molar-refractivity contribution < 1.29 is 0 Å². The Labute approximate surface area is 114 Å². The summed E-state index contributed by atoms with van der Waals surface area (Å²) in [5, 5.41) is 0. The molecular formula is C9H7BrN4OS2. The highest BCUT2D eigenvalue weighted by Gasteiger charge is 2.03. The second-order valence-corrected chi connectivity index (χ2v) is 5.97. The Morgan fingerprint density at radius 1 is 1.47 bits per heavy atom. The molecule has 0 fully saturated rings. The number of nitrogens with two attached hydrogens (primary N) is 1. The summed E-state index contributed by atoms with van der Waals surface area (Å²) >= 11 is 9.63. The standard InChI is InChI=1S/C9H7BrN4OS2/c10-5-2-1-4(17-5)3-12-6-7(11)13-9(16)14-8(6)15/h1-3H,(H4,11,13,14,15,16). The van der Waals surface area contributed by atoms with E-state index in [0.29, 0.717) is 0 Å². The van der Waals surface area contributed by atoms with Crippen LogP contribution in [-0.2, 0) is 0 Å². The number of halogens is 1. The van der Waals surface area contributed by atoms with E-state index in [1.807, 2.05) is 12.1 Å². The van der Waals surface area contributed by atoms with Crippen LogP contribution in [0.3, 0.4) is 0 Å². The van der Waals surface area contributed by atoms with Gasteiger partial charge in [-0.05, 0) is 40.3 Å². The average molecular weight is 331 g/mol. The number of anilines is 1. The predicted octanol–water partition coefficient (Wildman–Crippen LogP) is 2.59. The summed E-state index contributed by atoms with van der Waals surface area (Å²) in [5.74, 6) is 0.158. The normalized spacial score (nSPS) is 11.1. The summed E-state index contributed by atoms with van der Waals surface area (Å²) in [7, 11) is 0. The van der Waals surface area contributed by atoms with Gasteiger partial charge in [0.2, 0.25) is 0 Å². The predicted molar refractivity (Wildman–Crippen MR) is 75.9 cm³/mol. The fourth-order valence-electron chi connectivity index (χ4n) is 1.15. The van der Waals surface area contributed by atoms with Crippen molar-refractivity contribution in [2.45, 2.75) is 0 Å². The van der Waals surface area contributed by atoms with Gasteiger partial charge in [0.1, 0.15) is 5.82 Å². The first-order valence-electron chi connectivity index (χ1n) is 4.48. The number of H-pyrrole nitrogens is 2. The minimum Gasteiger partial charge on any atom is -0.383 e.